The van der Waals surface area contributed by atoms with Gasteiger partial charge in [0.1, 0.15) is 0 Å². The molecule has 1 fully saturated rings. The molecule has 0 saturated heterocycles. The molecule has 1 rings (SSSR count). The highest BCUT2D eigenvalue weighted by Crippen LogP contribution is 2.50. The SMILES string of the molecule is CCCCPCC1CCC([Si](C)(C)C)C1CPCCCC. The van der Waals surface area contributed by atoms with Gasteiger partial charge in [-0.3, -0.25) is 0 Å². The first-order valence-electron chi connectivity index (χ1n) is 9.42. The third-order valence-electron chi connectivity index (χ3n) is 5.28. The summed E-state index contributed by atoms with van der Waals surface area (Å²) < 4.78 is 0. The Bertz CT molecular complexity index is 262. The van der Waals surface area contributed by atoms with Crippen LogP contribution in [0.25, 0.3) is 0 Å². The van der Waals surface area contributed by atoms with Gasteiger partial charge >= 0.3 is 0 Å². The van der Waals surface area contributed by atoms with Crippen LogP contribution in [0.4, 0.5) is 0 Å². The molecule has 0 amide bonds. The molecule has 0 heterocycles. The highest BCUT2D eigenvalue weighted by molar-refractivity contribution is 7.38. The van der Waals surface area contributed by atoms with E-state index in [1.807, 2.05) is 0 Å². The summed E-state index contributed by atoms with van der Waals surface area (Å²) in [6.45, 7) is 12.5. The molecule has 0 aliphatic heterocycles. The molecule has 5 atom stereocenters. The second kappa shape index (κ2) is 10.8. The third-order valence-corrected chi connectivity index (χ3v) is 11.2. The quantitative estimate of drug-likeness (QED) is 0.222. The first-order chi connectivity index (χ1) is 10.0. The Kier molecular flexibility index (Phi) is 10.3. The fourth-order valence-corrected chi connectivity index (χ4v) is 10.3. The van der Waals surface area contributed by atoms with Crippen LogP contribution in [-0.2, 0) is 0 Å². The highest BCUT2D eigenvalue weighted by Gasteiger charge is 2.41. The summed E-state index contributed by atoms with van der Waals surface area (Å²) in [6, 6.07) is 0. The molecule has 1 saturated carbocycles. The minimum atomic E-state index is -0.944. The zero-order chi connectivity index (χ0) is 15.7. The van der Waals surface area contributed by atoms with Crippen LogP contribution in [0.1, 0.15) is 52.4 Å². The maximum absolute atomic E-state index is 2.63. The van der Waals surface area contributed by atoms with E-state index in [0.29, 0.717) is 0 Å². The van der Waals surface area contributed by atoms with Gasteiger partial charge in [0.25, 0.3) is 0 Å². The average molecular weight is 347 g/mol. The van der Waals surface area contributed by atoms with Crippen molar-refractivity contribution in [2.45, 2.75) is 77.6 Å². The minimum Gasteiger partial charge on any atom is -0.122 e. The lowest BCUT2D eigenvalue weighted by molar-refractivity contribution is 0.464. The van der Waals surface area contributed by atoms with Crippen molar-refractivity contribution < 1.29 is 0 Å². The van der Waals surface area contributed by atoms with Gasteiger partial charge in [0.15, 0.2) is 0 Å². The summed E-state index contributed by atoms with van der Waals surface area (Å²) in [6.07, 6.45) is 15.0. The van der Waals surface area contributed by atoms with E-state index >= 15 is 0 Å². The molecular formula is C18H40P2Si. The predicted octanol–water partition coefficient (Wildman–Crippen LogP) is 6.68. The molecule has 0 N–H and O–H groups in total. The van der Waals surface area contributed by atoms with Crippen LogP contribution in [0.15, 0.2) is 0 Å². The van der Waals surface area contributed by atoms with Gasteiger partial charge in [-0.1, -0.05) is 52.8 Å². The number of hydrogen-bond acceptors (Lipinski definition) is 0. The second-order valence-electron chi connectivity index (χ2n) is 8.09. The van der Waals surface area contributed by atoms with Gasteiger partial charge in [0, 0.05) is 8.07 Å². The maximum atomic E-state index is 2.63. The Morgan fingerprint density at radius 1 is 0.857 bits per heavy atom. The molecule has 0 bridgehead atoms. The molecule has 1 aliphatic carbocycles. The lowest BCUT2D eigenvalue weighted by Crippen LogP contribution is -2.33. The van der Waals surface area contributed by atoms with Crippen LogP contribution in [0.5, 0.6) is 0 Å². The van der Waals surface area contributed by atoms with Gasteiger partial charge in [0.2, 0.25) is 0 Å². The summed E-state index contributed by atoms with van der Waals surface area (Å²) in [4.78, 5) is 0. The summed E-state index contributed by atoms with van der Waals surface area (Å²) in [5, 5.41) is 0. The van der Waals surface area contributed by atoms with E-state index in [-0.39, 0.29) is 0 Å². The highest BCUT2D eigenvalue weighted by atomic mass is 31.1. The van der Waals surface area contributed by atoms with Crippen LogP contribution in [0, 0.1) is 11.8 Å². The lowest BCUT2D eigenvalue weighted by Gasteiger charge is -2.33. The van der Waals surface area contributed by atoms with Gasteiger partial charge in [-0.25, -0.2) is 0 Å². The summed E-state index contributed by atoms with van der Waals surface area (Å²) in [7, 11) is 1.57. The fourth-order valence-electron chi connectivity index (χ4n) is 3.95. The zero-order valence-corrected chi connectivity index (χ0v) is 18.3. The molecule has 3 heteroatoms. The van der Waals surface area contributed by atoms with E-state index in [9.17, 15) is 0 Å². The van der Waals surface area contributed by atoms with Gasteiger partial charge in [-0.05, 0) is 61.3 Å². The van der Waals surface area contributed by atoms with E-state index in [1.165, 1.54) is 55.2 Å². The van der Waals surface area contributed by atoms with Crippen LogP contribution < -0.4 is 0 Å². The monoisotopic (exact) mass is 346 g/mol. The minimum absolute atomic E-state index is 0.944. The number of unbranched alkanes of at least 4 members (excludes halogenated alkanes) is 2. The Balaban J connectivity index is 2.47. The Hall–Kier alpha value is 1.08. The molecule has 0 spiro atoms. The molecule has 0 aromatic carbocycles. The number of hydrogen-bond donors (Lipinski definition) is 0. The van der Waals surface area contributed by atoms with E-state index in [1.54, 1.807) is 25.2 Å². The molecular weight excluding hydrogens is 306 g/mol. The average Bonchev–Trinajstić information content (AvgIpc) is 2.83. The molecule has 0 aromatic heterocycles. The normalized spacial score (nSPS) is 27.6. The Morgan fingerprint density at radius 2 is 1.43 bits per heavy atom. The second-order valence-corrected chi connectivity index (χ2v) is 16.4. The first kappa shape index (κ1) is 20.1. The van der Waals surface area contributed by atoms with Crippen LogP contribution in [0.3, 0.4) is 0 Å². The van der Waals surface area contributed by atoms with Crippen LogP contribution >= 0.6 is 17.2 Å². The largest absolute Gasteiger partial charge is 0.122 e. The van der Waals surface area contributed by atoms with E-state index in [2.05, 4.69) is 33.5 Å². The van der Waals surface area contributed by atoms with Crippen molar-refractivity contribution >= 4 is 25.2 Å². The fraction of sp³-hybridized carbons (Fsp3) is 1.00. The maximum Gasteiger partial charge on any atom is 0.0476 e. The van der Waals surface area contributed by atoms with Gasteiger partial charge < -0.3 is 0 Å². The van der Waals surface area contributed by atoms with E-state index < -0.39 is 8.07 Å². The van der Waals surface area contributed by atoms with Crippen LogP contribution in [0.2, 0.25) is 25.2 Å². The first-order valence-corrected chi connectivity index (χ1v) is 15.8. The topological polar surface area (TPSA) is 0 Å². The molecule has 0 radical (unpaired) electrons. The molecule has 126 valence electrons. The lowest BCUT2D eigenvalue weighted by atomic mass is 10.00. The van der Waals surface area contributed by atoms with Gasteiger partial charge in [0.05, 0.1) is 0 Å². The summed E-state index contributed by atoms with van der Waals surface area (Å²) in [5.41, 5.74) is 1.13. The molecule has 0 nitrogen and oxygen atoms in total. The van der Waals surface area contributed by atoms with Crippen molar-refractivity contribution in [1.29, 1.82) is 0 Å². The molecule has 0 aromatic rings. The molecule has 1 aliphatic rings. The molecule has 21 heavy (non-hydrogen) atoms. The Morgan fingerprint density at radius 3 is 1.95 bits per heavy atom. The van der Waals surface area contributed by atoms with Crippen molar-refractivity contribution in [1.82, 2.24) is 0 Å². The van der Waals surface area contributed by atoms with Gasteiger partial charge in [-0.2, -0.15) is 0 Å². The van der Waals surface area contributed by atoms with Crippen molar-refractivity contribution in [3.05, 3.63) is 0 Å². The smallest absolute Gasteiger partial charge is 0.0476 e. The van der Waals surface area contributed by atoms with Crippen molar-refractivity contribution in [3.8, 4) is 0 Å². The van der Waals surface area contributed by atoms with Gasteiger partial charge in [-0.15, -0.1) is 17.2 Å². The summed E-state index contributed by atoms with van der Waals surface area (Å²) >= 11 is 0. The van der Waals surface area contributed by atoms with Crippen LogP contribution in [-0.4, -0.2) is 32.7 Å². The Labute approximate surface area is 139 Å². The standard InChI is InChI=1S/C18H40P2Si/c1-6-8-12-19-14-16-10-11-18(21(3,4)5)17(16)15-20-13-9-7-2/h16-20H,6-15H2,1-5H3. The van der Waals surface area contributed by atoms with E-state index in [0.717, 1.165) is 17.4 Å². The summed E-state index contributed by atoms with van der Waals surface area (Å²) in [5.74, 6) is 2.21. The van der Waals surface area contributed by atoms with Crippen molar-refractivity contribution in [2.24, 2.45) is 11.8 Å². The van der Waals surface area contributed by atoms with E-state index in [4.69, 9.17) is 0 Å². The van der Waals surface area contributed by atoms with Crippen molar-refractivity contribution in [2.75, 3.05) is 24.6 Å². The van der Waals surface area contributed by atoms with Crippen molar-refractivity contribution in [3.63, 3.8) is 0 Å². The predicted molar refractivity (Wildman–Crippen MR) is 109 cm³/mol. The zero-order valence-electron chi connectivity index (χ0n) is 15.3. The number of rotatable bonds is 11. The third kappa shape index (κ3) is 7.45. The molecule has 5 unspecified atom stereocenters.